The van der Waals surface area contributed by atoms with E-state index in [0.29, 0.717) is 24.7 Å². The Morgan fingerprint density at radius 2 is 2.10 bits per heavy atom. The van der Waals surface area contributed by atoms with Crippen molar-refractivity contribution < 1.29 is 4.39 Å². The van der Waals surface area contributed by atoms with E-state index < -0.39 is 0 Å². The first kappa shape index (κ1) is 19.5. The summed E-state index contributed by atoms with van der Waals surface area (Å²) in [5.74, 6) is 2.87. The van der Waals surface area contributed by atoms with Crippen molar-refractivity contribution in [3.8, 4) is 12.3 Å². The van der Waals surface area contributed by atoms with Gasteiger partial charge in [0.25, 0.3) is 0 Å². The van der Waals surface area contributed by atoms with Crippen molar-refractivity contribution in [3.63, 3.8) is 0 Å². The molecular weight excluding hydrogens is 382 g/mol. The molecule has 0 aliphatic carbocycles. The average Bonchev–Trinajstić information content (AvgIpc) is 2.41. The molecule has 0 amide bonds. The lowest BCUT2D eigenvalue weighted by Gasteiger charge is -2.14. The van der Waals surface area contributed by atoms with Gasteiger partial charge < -0.3 is 15.5 Å². The Morgan fingerprint density at radius 3 is 2.62 bits per heavy atom. The third-order valence-electron chi connectivity index (χ3n) is 2.62. The Kier molecular flexibility index (Phi) is 9.54. The summed E-state index contributed by atoms with van der Waals surface area (Å²) in [6.07, 6.45) is 5.20. The fourth-order valence-electron chi connectivity index (χ4n) is 1.66. The quantitative estimate of drug-likeness (QED) is 0.342. The lowest BCUT2D eigenvalue weighted by atomic mass is 10.2. The van der Waals surface area contributed by atoms with Gasteiger partial charge in [0.1, 0.15) is 5.82 Å². The molecule has 0 atom stereocenters. The molecule has 1 rings (SSSR count). The number of guanidine groups is 1. The minimum Gasteiger partial charge on any atom is -0.375 e. The summed E-state index contributed by atoms with van der Waals surface area (Å²) in [5, 5.41) is 6.06. The van der Waals surface area contributed by atoms with Crippen molar-refractivity contribution in [2.75, 3.05) is 32.1 Å². The van der Waals surface area contributed by atoms with Crippen molar-refractivity contribution in [2.45, 2.75) is 13.5 Å². The number of hydrogen-bond acceptors (Lipinski definition) is 2. The van der Waals surface area contributed by atoms with Crippen molar-refractivity contribution in [1.29, 1.82) is 0 Å². The van der Waals surface area contributed by atoms with E-state index in [4.69, 9.17) is 6.42 Å². The van der Waals surface area contributed by atoms with Crippen LogP contribution >= 0.6 is 24.0 Å². The third kappa shape index (κ3) is 6.67. The molecule has 0 heterocycles. The lowest BCUT2D eigenvalue weighted by molar-refractivity contribution is 0.624. The molecule has 1 aromatic carbocycles. The van der Waals surface area contributed by atoms with Gasteiger partial charge in [0.15, 0.2) is 5.96 Å². The van der Waals surface area contributed by atoms with E-state index >= 15 is 0 Å². The Balaban J connectivity index is 0.00000400. The van der Waals surface area contributed by atoms with E-state index in [0.717, 1.165) is 12.1 Å². The monoisotopic (exact) mass is 404 g/mol. The maximum absolute atomic E-state index is 13.8. The van der Waals surface area contributed by atoms with Gasteiger partial charge in [-0.1, -0.05) is 12.0 Å². The number of rotatable bonds is 5. The number of nitrogens with zero attached hydrogens (tertiary/aromatic N) is 2. The van der Waals surface area contributed by atoms with Crippen LogP contribution in [0.4, 0.5) is 10.1 Å². The highest BCUT2D eigenvalue weighted by Gasteiger charge is 2.05. The number of hydrogen-bond donors (Lipinski definition) is 2. The minimum absolute atomic E-state index is 0. The minimum atomic E-state index is -0.246. The molecule has 0 saturated heterocycles. The molecule has 0 aliphatic rings. The molecule has 0 aliphatic heterocycles. The van der Waals surface area contributed by atoms with Crippen LogP contribution in [0.25, 0.3) is 0 Å². The molecule has 21 heavy (non-hydrogen) atoms. The summed E-state index contributed by atoms with van der Waals surface area (Å²) < 4.78 is 13.8. The van der Waals surface area contributed by atoms with E-state index in [1.807, 2.05) is 27.1 Å². The van der Waals surface area contributed by atoms with Crippen LogP contribution in [0, 0.1) is 18.2 Å². The summed E-state index contributed by atoms with van der Waals surface area (Å²) in [4.78, 5) is 6.09. The van der Waals surface area contributed by atoms with E-state index in [-0.39, 0.29) is 29.8 Å². The second kappa shape index (κ2) is 10.3. The van der Waals surface area contributed by atoms with Gasteiger partial charge in [-0.25, -0.2) is 9.38 Å². The predicted molar refractivity (Wildman–Crippen MR) is 97.8 cm³/mol. The summed E-state index contributed by atoms with van der Waals surface area (Å²) in [6.45, 7) is 3.51. The van der Waals surface area contributed by atoms with Crippen LogP contribution in [-0.2, 0) is 6.54 Å². The standard InChI is InChI=1S/C15H21FN4.HI/c1-5-9-18-15(17-6-2)19-11-12-7-8-14(20(3)4)13(16)10-12;/h1,7-8,10H,6,9,11H2,2-4H3,(H2,17,18,19);1H. The van der Waals surface area contributed by atoms with Crippen LogP contribution in [0.5, 0.6) is 0 Å². The molecule has 0 radical (unpaired) electrons. The van der Waals surface area contributed by atoms with Gasteiger partial charge in [-0.05, 0) is 24.6 Å². The molecular formula is C15H22FIN4. The zero-order valence-electron chi connectivity index (χ0n) is 12.6. The first-order valence-corrected chi connectivity index (χ1v) is 6.49. The van der Waals surface area contributed by atoms with Gasteiger partial charge in [0.05, 0.1) is 18.8 Å². The molecule has 4 nitrogen and oxygen atoms in total. The van der Waals surface area contributed by atoms with E-state index in [2.05, 4.69) is 21.5 Å². The van der Waals surface area contributed by atoms with Crippen LogP contribution < -0.4 is 15.5 Å². The second-order valence-corrected chi connectivity index (χ2v) is 4.43. The van der Waals surface area contributed by atoms with Gasteiger partial charge in [-0.3, -0.25) is 0 Å². The molecule has 6 heteroatoms. The predicted octanol–water partition coefficient (Wildman–Crippen LogP) is 2.20. The summed E-state index contributed by atoms with van der Waals surface area (Å²) in [7, 11) is 3.62. The lowest BCUT2D eigenvalue weighted by Crippen LogP contribution is -2.37. The SMILES string of the molecule is C#CCNC(=NCc1ccc(N(C)C)c(F)c1)NCC.I. The first-order valence-electron chi connectivity index (χ1n) is 6.49. The average molecular weight is 404 g/mol. The maximum atomic E-state index is 13.8. The van der Waals surface area contributed by atoms with Crippen LogP contribution in [0.15, 0.2) is 23.2 Å². The molecule has 0 saturated carbocycles. The highest BCUT2D eigenvalue weighted by Crippen LogP contribution is 2.18. The van der Waals surface area contributed by atoms with Crippen molar-refractivity contribution in [2.24, 2.45) is 4.99 Å². The molecule has 116 valence electrons. The zero-order valence-corrected chi connectivity index (χ0v) is 14.9. The Hall–Kier alpha value is -1.49. The fourth-order valence-corrected chi connectivity index (χ4v) is 1.66. The number of halogens is 2. The molecule has 0 spiro atoms. The zero-order chi connectivity index (χ0) is 15.0. The van der Waals surface area contributed by atoms with Gasteiger partial charge in [-0.15, -0.1) is 30.4 Å². The number of benzene rings is 1. The smallest absolute Gasteiger partial charge is 0.192 e. The second-order valence-electron chi connectivity index (χ2n) is 4.43. The third-order valence-corrected chi connectivity index (χ3v) is 2.62. The topological polar surface area (TPSA) is 39.7 Å². The number of terminal acetylenes is 1. The fraction of sp³-hybridized carbons (Fsp3) is 0.400. The number of aliphatic imine (C=N–C) groups is 1. The van der Waals surface area contributed by atoms with Gasteiger partial charge in [0.2, 0.25) is 0 Å². The van der Waals surface area contributed by atoms with E-state index in [1.165, 1.54) is 6.07 Å². The maximum Gasteiger partial charge on any atom is 0.192 e. The van der Waals surface area contributed by atoms with Crippen LogP contribution in [0.1, 0.15) is 12.5 Å². The summed E-state index contributed by atoms with van der Waals surface area (Å²) >= 11 is 0. The number of nitrogens with one attached hydrogen (secondary N) is 2. The van der Waals surface area contributed by atoms with Crippen molar-refractivity contribution >= 4 is 35.6 Å². The molecule has 0 bridgehead atoms. The van der Waals surface area contributed by atoms with Crippen LogP contribution in [0.2, 0.25) is 0 Å². The highest BCUT2D eigenvalue weighted by molar-refractivity contribution is 14.0. The van der Waals surface area contributed by atoms with Gasteiger partial charge in [-0.2, -0.15) is 0 Å². The largest absolute Gasteiger partial charge is 0.375 e. The number of anilines is 1. The summed E-state index contributed by atoms with van der Waals surface area (Å²) in [5.41, 5.74) is 1.38. The normalized spacial score (nSPS) is 10.3. The van der Waals surface area contributed by atoms with Gasteiger partial charge >= 0.3 is 0 Å². The van der Waals surface area contributed by atoms with Crippen molar-refractivity contribution in [1.82, 2.24) is 10.6 Å². The Morgan fingerprint density at radius 1 is 1.38 bits per heavy atom. The van der Waals surface area contributed by atoms with Crippen LogP contribution in [0.3, 0.4) is 0 Å². The Labute approximate surface area is 143 Å². The molecule has 0 unspecified atom stereocenters. The van der Waals surface area contributed by atoms with E-state index in [1.54, 1.807) is 11.0 Å². The van der Waals surface area contributed by atoms with Gasteiger partial charge in [0, 0.05) is 20.6 Å². The molecule has 0 fully saturated rings. The molecule has 1 aromatic rings. The summed E-state index contributed by atoms with van der Waals surface area (Å²) in [6, 6.07) is 5.12. The van der Waals surface area contributed by atoms with E-state index in [9.17, 15) is 4.39 Å². The van der Waals surface area contributed by atoms with Crippen LogP contribution in [-0.4, -0.2) is 33.1 Å². The first-order chi connectivity index (χ1) is 9.58. The van der Waals surface area contributed by atoms with Crippen molar-refractivity contribution in [3.05, 3.63) is 29.6 Å². The Bertz CT molecular complexity index is 509. The molecule has 2 N–H and O–H groups in total. The highest BCUT2D eigenvalue weighted by atomic mass is 127. The molecule has 0 aromatic heterocycles.